The van der Waals surface area contributed by atoms with Crippen LogP contribution in [0.2, 0.25) is 5.04 Å². The Morgan fingerprint density at radius 3 is 1.70 bits per heavy atom. The number of ether oxygens (including phenoxy) is 5. The van der Waals surface area contributed by atoms with E-state index in [1.54, 1.807) is 68.5 Å². The first-order valence-electron chi connectivity index (χ1n) is 24.9. The first-order chi connectivity index (χ1) is 32.4. The van der Waals surface area contributed by atoms with E-state index in [0.29, 0.717) is 38.8 Å². The third-order valence-corrected chi connectivity index (χ3v) is 17.2. The van der Waals surface area contributed by atoms with Gasteiger partial charge in [0, 0.05) is 31.8 Å². The summed E-state index contributed by atoms with van der Waals surface area (Å²) in [6.07, 6.45) is 1.81. The molecule has 5 atom stereocenters. The van der Waals surface area contributed by atoms with Crippen LogP contribution in [0.1, 0.15) is 141 Å². The Kier molecular flexibility index (Phi) is 20.8. The number of rotatable bonds is 21. The van der Waals surface area contributed by atoms with E-state index in [0.717, 1.165) is 24.8 Å². The van der Waals surface area contributed by atoms with Crippen molar-refractivity contribution in [3.05, 3.63) is 96.6 Å². The molecule has 1 aliphatic heterocycles. The number of hydrogen-bond acceptors (Lipinski definition) is 11. The Morgan fingerprint density at radius 2 is 1.19 bits per heavy atom. The molecule has 1 saturated heterocycles. The van der Waals surface area contributed by atoms with Crippen LogP contribution < -0.4 is 10.4 Å². The highest BCUT2D eigenvalue weighted by Gasteiger charge is 2.51. The standard InChI is InChI=1S/C56H82N2O10Si/c1-14-15-19-30-42(35-36-57-48-47(68-51(61)55(8,9)10)46(67-50(60)54(5,6)7)45(40-63-48)66-49(59)53(2,3)4)58(52(62)64-39-41-28-20-16-21-29-41)37-26-27-38-65-69(56(11,12)13,43-31-22-17-23-32-43)44-33-24-18-25-34-44/h16-18,20-25,28-29,31-34,36,42,45-48H,14-15,19,26-27,30,35,37-40H2,1-13H3/b57-36+/t42-,45+,46?,47?,48-/m0/s1. The van der Waals surface area contributed by atoms with Crippen molar-refractivity contribution in [3.8, 4) is 0 Å². The highest BCUT2D eigenvalue weighted by Crippen LogP contribution is 2.37. The predicted octanol–water partition coefficient (Wildman–Crippen LogP) is 10.6. The lowest BCUT2D eigenvalue weighted by Crippen LogP contribution is -2.66. The fourth-order valence-electron chi connectivity index (χ4n) is 8.08. The quantitative estimate of drug-likeness (QED) is 0.0333. The number of amides is 1. The van der Waals surface area contributed by atoms with Crippen LogP contribution in [0.15, 0.2) is 96.0 Å². The minimum absolute atomic E-state index is 0.120. The van der Waals surface area contributed by atoms with Gasteiger partial charge in [-0.3, -0.25) is 19.4 Å². The first-order valence-corrected chi connectivity index (χ1v) is 26.8. The fourth-order valence-corrected chi connectivity index (χ4v) is 12.7. The van der Waals surface area contributed by atoms with Crippen molar-refractivity contribution in [2.24, 2.45) is 21.2 Å². The van der Waals surface area contributed by atoms with Crippen molar-refractivity contribution in [2.75, 3.05) is 19.8 Å². The Hall–Kier alpha value is -4.85. The van der Waals surface area contributed by atoms with Gasteiger partial charge in [0.15, 0.2) is 24.5 Å². The summed E-state index contributed by atoms with van der Waals surface area (Å²) in [7, 11) is -2.77. The molecule has 1 fully saturated rings. The number of nitrogens with zero attached hydrogens (tertiary/aromatic N) is 2. The van der Waals surface area contributed by atoms with Crippen molar-refractivity contribution in [1.82, 2.24) is 4.90 Å². The van der Waals surface area contributed by atoms with Gasteiger partial charge in [0.2, 0.25) is 0 Å². The van der Waals surface area contributed by atoms with Crippen LogP contribution in [0.4, 0.5) is 4.79 Å². The molecule has 0 spiro atoms. The molecule has 1 heterocycles. The molecule has 0 bridgehead atoms. The lowest BCUT2D eigenvalue weighted by Gasteiger charge is -2.43. The third kappa shape index (κ3) is 16.4. The lowest BCUT2D eigenvalue weighted by atomic mass is 9.94. The van der Waals surface area contributed by atoms with Crippen LogP contribution in [0.25, 0.3) is 0 Å². The van der Waals surface area contributed by atoms with Gasteiger partial charge in [0.05, 0.1) is 22.9 Å². The van der Waals surface area contributed by atoms with Crippen molar-refractivity contribution < 1.29 is 47.3 Å². The molecule has 3 aromatic rings. The van der Waals surface area contributed by atoms with Crippen LogP contribution in [0.5, 0.6) is 0 Å². The number of benzene rings is 3. The molecular formula is C56H82N2O10Si. The SMILES string of the molecule is CCCCC[C@@H](C/C=N/[C@H]1OC[C@@H](OC(=O)C(C)(C)C)C(OC(=O)C(C)(C)C)C1OC(=O)C(C)(C)C)N(CCCCO[Si](c1ccccc1)(c1ccccc1)C(C)(C)C)C(=O)OCc1ccccc1. The molecule has 4 rings (SSSR count). The fraction of sp³-hybridized carbons (Fsp3) is 0.589. The Balaban J connectivity index is 1.66. The average molecular weight is 971 g/mol. The van der Waals surface area contributed by atoms with Crippen molar-refractivity contribution in [3.63, 3.8) is 0 Å². The zero-order valence-corrected chi connectivity index (χ0v) is 44.9. The number of aliphatic imine (C=N–C) groups is 1. The summed E-state index contributed by atoms with van der Waals surface area (Å²) in [5.74, 6) is -1.66. The van der Waals surface area contributed by atoms with Gasteiger partial charge in [-0.1, -0.05) is 138 Å². The minimum atomic E-state index is -2.77. The van der Waals surface area contributed by atoms with E-state index >= 15 is 0 Å². The van der Waals surface area contributed by atoms with Gasteiger partial charge in [-0.15, -0.1) is 0 Å². The molecule has 13 heteroatoms. The van der Waals surface area contributed by atoms with E-state index < -0.39 is 73.1 Å². The molecule has 1 aliphatic rings. The van der Waals surface area contributed by atoms with E-state index in [9.17, 15) is 19.2 Å². The topological polar surface area (TPSA) is 139 Å². The zero-order valence-electron chi connectivity index (χ0n) is 43.9. The molecule has 0 saturated carbocycles. The number of esters is 3. The summed E-state index contributed by atoms with van der Waals surface area (Å²) in [5.41, 5.74) is -1.85. The normalized spacial score (nSPS) is 18.6. The van der Waals surface area contributed by atoms with Gasteiger partial charge in [-0.05, 0) is 103 Å². The molecule has 12 nitrogen and oxygen atoms in total. The van der Waals surface area contributed by atoms with E-state index in [4.69, 9.17) is 33.1 Å². The van der Waals surface area contributed by atoms with Crippen molar-refractivity contribution in [1.29, 1.82) is 0 Å². The lowest BCUT2D eigenvalue weighted by molar-refractivity contribution is -0.233. The van der Waals surface area contributed by atoms with E-state index in [1.165, 1.54) is 10.4 Å². The molecule has 2 unspecified atom stereocenters. The first kappa shape index (κ1) is 56.7. The largest absolute Gasteiger partial charge is 0.455 e. The molecule has 0 N–H and O–H groups in total. The summed E-state index contributed by atoms with van der Waals surface area (Å²) in [6, 6.07) is 30.4. The molecule has 3 aromatic carbocycles. The van der Waals surface area contributed by atoms with Gasteiger partial charge < -0.3 is 33.0 Å². The summed E-state index contributed by atoms with van der Waals surface area (Å²) >= 11 is 0. The summed E-state index contributed by atoms with van der Waals surface area (Å²) < 4.78 is 37.6. The monoisotopic (exact) mass is 971 g/mol. The Morgan fingerprint density at radius 1 is 0.681 bits per heavy atom. The van der Waals surface area contributed by atoms with Gasteiger partial charge in [0.1, 0.15) is 6.61 Å². The number of unbranched alkanes of at least 4 members (excludes halogenated alkanes) is 3. The Labute approximate surface area is 414 Å². The second-order valence-electron chi connectivity index (χ2n) is 22.3. The molecule has 1 amide bonds. The molecule has 69 heavy (non-hydrogen) atoms. The molecule has 0 aliphatic carbocycles. The number of hydrogen-bond donors (Lipinski definition) is 0. The maximum atomic E-state index is 14.3. The number of carbonyl (C=O) groups excluding carboxylic acids is 4. The van der Waals surface area contributed by atoms with Crippen LogP contribution in [0.3, 0.4) is 0 Å². The molecular weight excluding hydrogens is 889 g/mol. The predicted molar refractivity (Wildman–Crippen MR) is 275 cm³/mol. The highest BCUT2D eigenvalue weighted by molar-refractivity contribution is 6.99. The smallest absolute Gasteiger partial charge is 0.410 e. The second-order valence-corrected chi connectivity index (χ2v) is 26.6. The van der Waals surface area contributed by atoms with Crippen LogP contribution in [0, 0.1) is 16.2 Å². The maximum absolute atomic E-state index is 14.3. The Bertz CT molecular complexity index is 2050. The average Bonchev–Trinajstić information content (AvgIpc) is 3.28. The highest BCUT2D eigenvalue weighted by atomic mass is 28.4. The van der Waals surface area contributed by atoms with Crippen LogP contribution in [-0.4, -0.2) is 93.8 Å². The molecule has 0 aromatic heterocycles. The van der Waals surface area contributed by atoms with E-state index in [1.807, 2.05) is 47.4 Å². The van der Waals surface area contributed by atoms with E-state index in [2.05, 4.69) is 76.2 Å². The zero-order chi connectivity index (χ0) is 51.0. The second kappa shape index (κ2) is 25.3. The number of carbonyl (C=O) groups is 4. The molecule has 380 valence electrons. The van der Waals surface area contributed by atoms with Crippen molar-refractivity contribution >= 4 is 48.9 Å². The van der Waals surface area contributed by atoms with Crippen molar-refractivity contribution in [2.45, 2.75) is 177 Å². The van der Waals surface area contributed by atoms with Crippen LogP contribution in [-0.2, 0) is 49.1 Å². The van der Waals surface area contributed by atoms with Gasteiger partial charge in [-0.2, -0.15) is 0 Å². The van der Waals surface area contributed by atoms with E-state index in [-0.39, 0.29) is 24.3 Å². The summed E-state index contributed by atoms with van der Waals surface area (Å²) in [6.45, 7) is 25.3. The summed E-state index contributed by atoms with van der Waals surface area (Å²) in [4.78, 5) is 61.4. The summed E-state index contributed by atoms with van der Waals surface area (Å²) in [5, 5.41) is 2.25. The minimum Gasteiger partial charge on any atom is -0.455 e. The molecule has 0 radical (unpaired) electrons. The van der Waals surface area contributed by atoms with Gasteiger partial charge in [0.25, 0.3) is 8.32 Å². The van der Waals surface area contributed by atoms with Gasteiger partial charge >= 0.3 is 24.0 Å². The third-order valence-electron chi connectivity index (χ3n) is 12.2. The maximum Gasteiger partial charge on any atom is 0.410 e. The van der Waals surface area contributed by atoms with Crippen LogP contribution >= 0.6 is 0 Å². The van der Waals surface area contributed by atoms with Gasteiger partial charge in [-0.25, -0.2) is 4.79 Å².